The van der Waals surface area contributed by atoms with Crippen LogP contribution in [0.15, 0.2) is 12.1 Å². The van der Waals surface area contributed by atoms with E-state index in [1.807, 2.05) is 0 Å². The van der Waals surface area contributed by atoms with Gasteiger partial charge in [-0.05, 0) is 55.8 Å². The number of benzene rings is 1. The summed E-state index contributed by atoms with van der Waals surface area (Å²) in [5, 5.41) is 3.49. The Morgan fingerprint density at radius 1 is 1.29 bits per heavy atom. The van der Waals surface area contributed by atoms with Gasteiger partial charge in [0.15, 0.2) is 0 Å². The van der Waals surface area contributed by atoms with Gasteiger partial charge in [0.1, 0.15) is 12.4 Å². The topological polar surface area (TPSA) is 30.5 Å². The molecule has 1 saturated heterocycles. The predicted octanol–water partition coefficient (Wildman–Crippen LogP) is 3.61. The third-order valence-corrected chi connectivity index (χ3v) is 3.84. The maximum Gasteiger partial charge on any atom is 0.125 e. The Labute approximate surface area is 129 Å². The lowest BCUT2D eigenvalue weighted by Crippen LogP contribution is -2.19. The zero-order valence-electron chi connectivity index (χ0n) is 13.9. The average molecular weight is 291 g/mol. The molecule has 118 valence electrons. The molecule has 0 saturated carbocycles. The highest BCUT2D eigenvalue weighted by atomic mass is 16.5. The fourth-order valence-corrected chi connectivity index (χ4v) is 2.83. The van der Waals surface area contributed by atoms with Gasteiger partial charge >= 0.3 is 0 Å². The number of nitrogens with one attached hydrogen (secondary N) is 1. The Bertz CT molecular complexity index is 428. The molecule has 0 aliphatic carbocycles. The summed E-state index contributed by atoms with van der Waals surface area (Å²) in [6, 6.07) is 4.45. The molecule has 0 aromatic heterocycles. The number of hydrogen-bond donors (Lipinski definition) is 1. The molecule has 2 rings (SSSR count). The molecule has 0 radical (unpaired) electrons. The minimum atomic E-state index is 0.274. The van der Waals surface area contributed by atoms with Crippen LogP contribution in [-0.2, 0) is 11.3 Å². The summed E-state index contributed by atoms with van der Waals surface area (Å²) in [7, 11) is 0. The van der Waals surface area contributed by atoms with Crippen LogP contribution in [0.2, 0.25) is 0 Å². The molecule has 0 amide bonds. The van der Waals surface area contributed by atoms with Crippen molar-refractivity contribution in [3.63, 3.8) is 0 Å². The number of rotatable bonds is 7. The molecule has 3 heteroatoms. The van der Waals surface area contributed by atoms with Crippen molar-refractivity contribution >= 4 is 0 Å². The van der Waals surface area contributed by atoms with Crippen molar-refractivity contribution in [3.05, 3.63) is 28.8 Å². The van der Waals surface area contributed by atoms with Gasteiger partial charge in [0.2, 0.25) is 0 Å². The highest BCUT2D eigenvalue weighted by Gasteiger charge is 2.17. The molecular formula is C18H29NO2. The van der Waals surface area contributed by atoms with Crippen LogP contribution in [0, 0.1) is 19.8 Å². The van der Waals surface area contributed by atoms with E-state index in [1.165, 1.54) is 16.7 Å². The Morgan fingerprint density at radius 2 is 2.00 bits per heavy atom. The van der Waals surface area contributed by atoms with Crippen LogP contribution in [0.1, 0.15) is 43.4 Å². The van der Waals surface area contributed by atoms with Crippen LogP contribution >= 0.6 is 0 Å². The molecule has 1 aliphatic rings. The third-order valence-electron chi connectivity index (χ3n) is 3.84. The summed E-state index contributed by atoms with van der Waals surface area (Å²) in [6.45, 7) is 12.2. The smallest absolute Gasteiger partial charge is 0.125 e. The van der Waals surface area contributed by atoms with E-state index in [-0.39, 0.29) is 6.10 Å². The second-order valence-electron chi connectivity index (χ2n) is 6.53. The molecule has 1 aliphatic heterocycles. The van der Waals surface area contributed by atoms with Crippen molar-refractivity contribution in [3.8, 4) is 5.75 Å². The number of hydrogen-bond acceptors (Lipinski definition) is 3. The highest BCUT2D eigenvalue weighted by molar-refractivity contribution is 5.43. The SMILES string of the molecule is Cc1cc(CNCC(C)C)cc(C)c1OCC1CCCO1. The Kier molecular flexibility index (Phi) is 6.07. The Morgan fingerprint density at radius 3 is 2.57 bits per heavy atom. The van der Waals surface area contributed by atoms with Gasteiger partial charge in [-0.25, -0.2) is 0 Å². The fourth-order valence-electron chi connectivity index (χ4n) is 2.83. The van der Waals surface area contributed by atoms with Gasteiger partial charge in [-0.2, -0.15) is 0 Å². The summed E-state index contributed by atoms with van der Waals surface area (Å²) in [4.78, 5) is 0. The minimum absolute atomic E-state index is 0.274. The van der Waals surface area contributed by atoms with Gasteiger partial charge in [-0.15, -0.1) is 0 Å². The zero-order valence-corrected chi connectivity index (χ0v) is 13.9. The van der Waals surface area contributed by atoms with Crippen LogP contribution in [0.25, 0.3) is 0 Å². The van der Waals surface area contributed by atoms with Gasteiger partial charge < -0.3 is 14.8 Å². The lowest BCUT2D eigenvalue weighted by atomic mass is 10.1. The lowest BCUT2D eigenvalue weighted by Gasteiger charge is -2.17. The molecule has 21 heavy (non-hydrogen) atoms. The van der Waals surface area contributed by atoms with E-state index in [2.05, 4.69) is 45.1 Å². The first kappa shape index (κ1) is 16.3. The molecule has 1 aromatic rings. The van der Waals surface area contributed by atoms with E-state index in [0.717, 1.165) is 38.3 Å². The highest BCUT2D eigenvalue weighted by Crippen LogP contribution is 2.26. The molecule has 1 atom stereocenters. The summed E-state index contributed by atoms with van der Waals surface area (Å²) in [5.41, 5.74) is 3.76. The normalized spacial score (nSPS) is 18.4. The van der Waals surface area contributed by atoms with Crippen molar-refractivity contribution in [2.75, 3.05) is 19.8 Å². The first-order valence-corrected chi connectivity index (χ1v) is 8.11. The van der Waals surface area contributed by atoms with Crippen molar-refractivity contribution in [2.24, 2.45) is 5.92 Å². The van der Waals surface area contributed by atoms with Crippen LogP contribution in [0.4, 0.5) is 0 Å². The average Bonchev–Trinajstić information content (AvgIpc) is 2.90. The monoisotopic (exact) mass is 291 g/mol. The maximum absolute atomic E-state index is 6.00. The molecular weight excluding hydrogens is 262 g/mol. The van der Waals surface area contributed by atoms with E-state index in [9.17, 15) is 0 Å². The summed E-state index contributed by atoms with van der Waals surface area (Å²) >= 11 is 0. The van der Waals surface area contributed by atoms with E-state index in [1.54, 1.807) is 0 Å². The number of ether oxygens (including phenoxy) is 2. The molecule has 1 N–H and O–H groups in total. The summed E-state index contributed by atoms with van der Waals surface area (Å²) in [6.07, 6.45) is 2.55. The van der Waals surface area contributed by atoms with Crippen LogP contribution < -0.4 is 10.1 Å². The predicted molar refractivity (Wildman–Crippen MR) is 86.9 cm³/mol. The Hall–Kier alpha value is -1.06. The maximum atomic E-state index is 6.00. The van der Waals surface area contributed by atoms with Gasteiger partial charge in [-0.1, -0.05) is 26.0 Å². The van der Waals surface area contributed by atoms with Crippen LogP contribution in [0.3, 0.4) is 0 Å². The van der Waals surface area contributed by atoms with E-state index >= 15 is 0 Å². The summed E-state index contributed by atoms with van der Waals surface area (Å²) < 4.78 is 11.6. The molecule has 1 fully saturated rings. The molecule has 1 aromatic carbocycles. The van der Waals surface area contributed by atoms with Crippen molar-refractivity contribution < 1.29 is 9.47 Å². The molecule has 1 unspecified atom stereocenters. The largest absolute Gasteiger partial charge is 0.490 e. The molecule has 1 heterocycles. The third kappa shape index (κ3) is 5.01. The van der Waals surface area contributed by atoms with Gasteiger partial charge in [-0.3, -0.25) is 0 Å². The molecule has 3 nitrogen and oxygen atoms in total. The first-order chi connectivity index (χ1) is 10.1. The fraction of sp³-hybridized carbons (Fsp3) is 0.667. The second kappa shape index (κ2) is 7.81. The summed E-state index contributed by atoms with van der Waals surface area (Å²) in [5.74, 6) is 1.71. The standard InChI is InChI=1S/C18H29NO2/c1-13(2)10-19-11-16-8-14(3)18(15(4)9-16)21-12-17-6-5-7-20-17/h8-9,13,17,19H,5-7,10-12H2,1-4H3. The van der Waals surface area contributed by atoms with E-state index in [4.69, 9.17) is 9.47 Å². The quantitative estimate of drug-likeness (QED) is 0.832. The Balaban J connectivity index is 1.92. The van der Waals surface area contributed by atoms with Gasteiger partial charge in [0, 0.05) is 13.2 Å². The lowest BCUT2D eigenvalue weighted by molar-refractivity contribution is 0.0675. The van der Waals surface area contributed by atoms with Crippen LogP contribution in [0.5, 0.6) is 5.75 Å². The van der Waals surface area contributed by atoms with Crippen molar-refractivity contribution in [1.29, 1.82) is 0 Å². The second-order valence-corrected chi connectivity index (χ2v) is 6.53. The van der Waals surface area contributed by atoms with Gasteiger partial charge in [0.25, 0.3) is 0 Å². The zero-order chi connectivity index (χ0) is 15.2. The van der Waals surface area contributed by atoms with Gasteiger partial charge in [0.05, 0.1) is 6.10 Å². The van der Waals surface area contributed by atoms with E-state index < -0.39 is 0 Å². The molecule has 0 spiro atoms. The van der Waals surface area contributed by atoms with E-state index in [0.29, 0.717) is 12.5 Å². The molecule has 0 bridgehead atoms. The number of aryl methyl sites for hydroxylation is 2. The van der Waals surface area contributed by atoms with Crippen molar-refractivity contribution in [1.82, 2.24) is 5.32 Å². The van der Waals surface area contributed by atoms with Crippen molar-refractivity contribution in [2.45, 2.75) is 53.2 Å². The minimum Gasteiger partial charge on any atom is -0.490 e. The first-order valence-electron chi connectivity index (χ1n) is 8.11. The van der Waals surface area contributed by atoms with Crippen LogP contribution in [-0.4, -0.2) is 25.9 Å².